The normalized spacial score (nSPS) is 11.6. The number of nitrogens with zero attached hydrogens (tertiary/aromatic N) is 6. The molecule has 0 amide bonds. The molecular weight excluding hydrogens is 348 g/mol. The van der Waals surface area contributed by atoms with Crippen molar-refractivity contribution in [3.63, 3.8) is 0 Å². The molecule has 3 aromatic carbocycles. The molecule has 0 spiro atoms. The maximum Gasteiger partial charge on any atom is 0.173 e. The Morgan fingerprint density at radius 1 is 0.654 bits per heavy atom. The van der Waals surface area contributed by atoms with E-state index < -0.39 is 0 Å². The van der Waals surface area contributed by atoms with E-state index in [4.69, 9.17) is 11.6 Å². The van der Waals surface area contributed by atoms with E-state index >= 15 is 0 Å². The lowest BCUT2D eigenvalue weighted by molar-refractivity contribution is 0.421. The second-order valence-corrected chi connectivity index (χ2v) is 6.41. The molecule has 5 aromatic rings. The van der Waals surface area contributed by atoms with E-state index in [2.05, 4.69) is 20.6 Å². The van der Waals surface area contributed by atoms with Gasteiger partial charge in [0.15, 0.2) is 6.17 Å². The molecule has 0 atom stereocenters. The van der Waals surface area contributed by atoms with Gasteiger partial charge in [-0.1, -0.05) is 58.4 Å². The Hall–Kier alpha value is -3.25. The topological polar surface area (TPSA) is 61.4 Å². The van der Waals surface area contributed by atoms with Crippen molar-refractivity contribution in [1.29, 1.82) is 0 Å². The van der Waals surface area contributed by atoms with Gasteiger partial charge >= 0.3 is 0 Å². The molecule has 0 unspecified atom stereocenters. The Kier molecular flexibility index (Phi) is 3.43. The van der Waals surface area contributed by atoms with E-state index in [-0.39, 0.29) is 6.17 Å². The molecule has 0 saturated heterocycles. The van der Waals surface area contributed by atoms with Crippen LogP contribution in [0.3, 0.4) is 0 Å². The number of hydrogen-bond donors (Lipinski definition) is 0. The van der Waals surface area contributed by atoms with Crippen LogP contribution < -0.4 is 0 Å². The van der Waals surface area contributed by atoms with E-state index in [1.165, 1.54) is 0 Å². The van der Waals surface area contributed by atoms with Crippen molar-refractivity contribution in [3.05, 3.63) is 83.4 Å². The number of fused-ring (bicyclic) bond motifs is 2. The largest absolute Gasteiger partial charge is 0.215 e. The van der Waals surface area contributed by atoms with E-state index in [0.29, 0.717) is 5.02 Å². The Morgan fingerprint density at radius 2 is 1.15 bits per heavy atom. The fourth-order valence-corrected chi connectivity index (χ4v) is 3.28. The third kappa shape index (κ3) is 2.34. The van der Waals surface area contributed by atoms with Gasteiger partial charge in [-0.3, -0.25) is 0 Å². The SMILES string of the molecule is Clc1ccc(C(n2nnc3ccccc32)n2nnc3ccccc32)cc1. The smallest absolute Gasteiger partial charge is 0.173 e. The Morgan fingerprint density at radius 3 is 1.69 bits per heavy atom. The Bertz CT molecular complexity index is 1130. The summed E-state index contributed by atoms with van der Waals surface area (Å²) in [7, 11) is 0. The molecular formula is C19H13ClN6. The highest BCUT2D eigenvalue weighted by atomic mass is 35.5. The summed E-state index contributed by atoms with van der Waals surface area (Å²) in [6, 6.07) is 23.4. The number of para-hydroxylation sites is 2. The first-order valence-corrected chi connectivity index (χ1v) is 8.54. The first kappa shape index (κ1) is 15.0. The first-order chi connectivity index (χ1) is 12.8. The summed E-state index contributed by atoms with van der Waals surface area (Å²) >= 11 is 6.09. The molecule has 0 aliphatic rings. The third-order valence-electron chi connectivity index (χ3n) is 4.39. The van der Waals surface area contributed by atoms with Gasteiger partial charge in [0.25, 0.3) is 0 Å². The fraction of sp³-hybridized carbons (Fsp3) is 0.0526. The molecule has 126 valence electrons. The minimum absolute atomic E-state index is 0.327. The van der Waals surface area contributed by atoms with Crippen molar-refractivity contribution in [2.45, 2.75) is 6.17 Å². The Labute approximate surface area is 153 Å². The Balaban J connectivity index is 1.79. The van der Waals surface area contributed by atoms with Crippen LogP contribution in [0.1, 0.15) is 11.7 Å². The summed E-state index contributed by atoms with van der Waals surface area (Å²) in [5.74, 6) is 0. The summed E-state index contributed by atoms with van der Waals surface area (Å²) in [5, 5.41) is 18.1. The van der Waals surface area contributed by atoms with Crippen molar-refractivity contribution >= 4 is 33.7 Å². The average Bonchev–Trinajstić information content (AvgIpc) is 3.29. The summed E-state index contributed by atoms with van der Waals surface area (Å²) in [6.07, 6.45) is -0.327. The van der Waals surface area contributed by atoms with Crippen LogP contribution in [0, 0.1) is 0 Å². The van der Waals surface area contributed by atoms with Gasteiger partial charge in [-0.2, -0.15) is 0 Å². The summed E-state index contributed by atoms with van der Waals surface area (Å²) in [5.41, 5.74) is 4.49. The van der Waals surface area contributed by atoms with Crippen molar-refractivity contribution < 1.29 is 0 Å². The second-order valence-electron chi connectivity index (χ2n) is 5.97. The fourth-order valence-electron chi connectivity index (χ4n) is 3.16. The predicted octanol–water partition coefficient (Wildman–Crippen LogP) is 3.92. The number of benzene rings is 3. The lowest BCUT2D eigenvalue weighted by Crippen LogP contribution is -2.22. The van der Waals surface area contributed by atoms with Crippen LogP contribution >= 0.6 is 11.6 Å². The van der Waals surface area contributed by atoms with Crippen LogP contribution in [-0.4, -0.2) is 30.0 Å². The maximum atomic E-state index is 6.09. The second kappa shape index (κ2) is 5.93. The minimum atomic E-state index is -0.327. The van der Waals surface area contributed by atoms with Gasteiger partial charge in [-0.15, -0.1) is 10.2 Å². The lowest BCUT2D eigenvalue weighted by atomic mass is 10.1. The van der Waals surface area contributed by atoms with Crippen LogP contribution in [0.25, 0.3) is 22.1 Å². The number of halogens is 1. The van der Waals surface area contributed by atoms with Gasteiger partial charge in [0.1, 0.15) is 11.0 Å². The van der Waals surface area contributed by atoms with Crippen LogP contribution in [0.15, 0.2) is 72.8 Å². The minimum Gasteiger partial charge on any atom is -0.215 e. The zero-order chi connectivity index (χ0) is 17.5. The van der Waals surface area contributed by atoms with Gasteiger partial charge in [0.05, 0.1) is 11.0 Å². The number of aromatic nitrogens is 6. The average molecular weight is 361 g/mol. The molecule has 0 radical (unpaired) electrons. The van der Waals surface area contributed by atoms with Crippen LogP contribution in [0.5, 0.6) is 0 Å². The van der Waals surface area contributed by atoms with Crippen LogP contribution in [0.4, 0.5) is 0 Å². The molecule has 0 aliphatic carbocycles. The highest BCUT2D eigenvalue weighted by Gasteiger charge is 2.23. The van der Waals surface area contributed by atoms with Crippen molar-refractivity contribution in [3.8, 4) is 0 Å². The summed E-state index contributed by atoms with van der Waals surface area (Å²) in [4.78, 5) is 0. The van der Waals surface area contributed by atoms with Gasteiger partial charge in [0, 0.05) is 5.02 Å². The molecule has 5 rings (SSSR count). The van der Waals surface area contributed by atoms with Gasteiger partial charge in [-0.25, -0.2) is 9.36 Å². The molecule has 0 fully saturated rings. The third-order valence-corrected chi connectivity index (χ3v) is 4.64. The summed E-state index contributed by atoms with van der Waals surface area (Å²) in [6.45, 7) is 0. The van der Waals surface area contributed by atoms with E-state index in [1.54, 1.807) is 0 Å². The van der Waals surface area contributed by atoms with Gasteiger partial charge in [0.2, 0.25) is 0 Å². The zero-order valence-corrected chi connectivity index (χ0v) is 14.3. The van der Waals surface area contributed by atoms with Crippen molar-refractivity contribution in [2.24, 2.45) is 0 Å². The van der Waals surface area contributed by atoms with E-state index in [9.17, 15) is 0 Å². The highest BCUT2D eigenvalue weighted by Crippen LogP contribution is 2.27. The first-order valence-electron chi connectivity index (χ1n) is 8.16. The molecule has 2 aromatic heterocycles. The predicted molar refractivity (Wildman–Crippen MR) is 100 cm³/mol. The van der Waals surface area contributed by atoms with Gasteiger partial charge < -0.3 is 0 Å². The molecule has 0 aliphatic heterocycles. The highest BCUT2D eigenvalue weighted by molar-refractivity contribution is 6.30. The lowest BCUT2D eigenvalue weighted by Gasteiger charge is -2.19. The molecule has 0 bridgehead atoms. The quantitative estimate of drug-likeness (QED) is 0.489. The molecule has 6 nitrogen and oxygen atoms in total. The maximum absolute atomic E-state index is 6.09. The van der Waals surface area contributed by atoms with E-state index in [1.807, 2.05) is 82.2 Å². The molecule has 0 saturated carbocycles. The molecule has 2 heterocycles. The van der Waals surface area contributed by atoms with Crippen molar-refractivity contribution in [2.75, 3.05) is 0 Å². The number of hydrogen-bond acceptors (Lipinski definition) is 4. The van der Waals surface area contributed by atoms with E-state index in [0.717, 1.165) is 27.6 Å². The van der Waals surface area contributed by atoms with Crippen LogP contribution in [-0.2, 0) is 0 Å². The molecule has 26 heavy (non-hydrogen) atoms. The molecule has 7 heteroatoms. The standard InChI is InChI=1S/C19H13ClN6/c20-14-11-9-13(10-12-14)19(25-17-7-3-1-5-15(17)21-23-25)26-18-8-4-2-6-16(18)22-24-26/h1-12,19H. The number of rotatable bonds is 3. The zero-order valence-electron chi connectivity index (χ0n) is 13.6. The monoisotopic (exact) mass is 360 g/mol. The van der Waals surface area contributed by atoms with Crippen LogP contribution in [0.2, 0.25) is 5.02 Å². The summed E-state index contributed by atoms with van der Waals surface area (Å²) < 4.78 is 3.72. The van der Waals surface area contributed by atoms with Crippen molar-refractivity contribution in [1.82, 2.24) is 30.0 Å². The van der Waals surface area contributed by atoms with Gasteiger partial charge in [-0.05, 0) is 42.0 Å². The molecule has 0 N–H and O–H groups in total.